The number of hydrogen-bond acceptors (Lipinski definition) is 5. The summed E-state index contributed by atoms with van der Waals surface area (Å²) in [6, 6.07) is 4.55. The van der Waals surface area contributed by atoms with E-state index >= 15 is 0 Å². The Morgan fingerprint density at radius 2 is 1.62 bits per heavy atom. The molecule has 7 nitrogen and oxygen atoms in total. The molecule has 0 radical (unpaired) electrons. The molecule has 2 amide bonds. The summed E-state index contributed by atoms with van der Waals surface area (Å²) in [6.45, 7) is 3.70. The standard InChI is InChI=1S/C18H20ClN3O4/c1-10(2)21-17(23)11-5-12(9-20-8-11)18(24)22-14-7-15(25-3)13(19)6-16(14)26-4/h5-10H,1-4H3,(H,21,23)(H,22,24). The van der Waals surface area contributed by atoms with Crippen molar-refractivity contribution in [1.29, 1.82) is 0 Å². The predicted molar refractivity (Wildman–Crippen MR) is 99.3 cm³/mol. The van der Waals surface area contributed by atoms with E-state index in [0.717, 1.165) is 0 Å². The highest BCUT2D eigenvalue weighted by Crippen LogP contribution is 2.36. The Labute approximate surface area is 156 Å². The molecular formula is C18H20ClN3O4. The summed E-state index contributed by atoms with van der Waals surface area (Å²) in [5, 5.41) is 5.82. The zero-order valence-corrected chi connectivity index (χ0v) is 15.7. The summed E-state index contributed by atoms with van der Waals surface area (Å²) in [7, 11) is 2.94. The van der Waals surface area contributed by atoms with Crippen molar-refractivity contribution in [2.75, 3.05) is 19.5 Å². The van der Waals surface area contributed by atoms with Gasteiger partial charge >= 0.3 is 0 Å². The topological polar surface area (TPSA) is 89.5 Å². The molecule has 0 aliphatic carbocycles. The molecule has 1 aromatic heterocycles. The lowest BCUT2D eigenvalue weighted by atomic mass is 10.1. The minimum absolute atomic E-state index is 0.0224. The first kappa shape index (κ1) is 19.5. The molecule has 0 fully saturated rings. The lowest BCUT2D eigenvalue weighted by Gasteiger charge is -2.13. The number of aromatic nitrogens is 1. The van der Waals surface area contributed by atoms with Gasteiger partial charge in [-0.05, 0) is 19.9 Å². The summed E-state index contributed by atoms with van der Waals surface area (Å²) in [5.74, 6) is 0.0315. The third-order valence-corrected chi connectivity index (χ3v) is 3.70. The lowest BCUT2D eigenvalue weighted by molar-refractivity contribution is 0.0942. The fraction of sp³-hybridized carbons (Fsp3) is 0.278. The van der Waals surface area contributed by atoms with Crippen LogP contribution in [0.5, 0.6) is 11.5 Å². The Balaban J connectivity index is 2.27. The number of anilines is 1. The first-order valence-corrected chi connectivity index (χ1v) is 8.22. The molecule has 0 saturated carbocycles. The second kappa shape index (κ2) is 8.53. The maximum Gasteiger partial charge on any atom is 0.257 e. The number of pyridine rings is 1. The van der Waals surface area contributed by atoms with Gasteiger partial charge in [0, 0.05) is 30.6 Å². The third-order valence-electron chi connectivity index (χ3n) is 3.40. The van der Waals surface area contributed by atoms with Crippen LogP contribution >= 0.6 is 11.6 Å². The lowest BCUT2D eigenvalue weighted by Crippen LogP contribution is -2.30. The van der Waals surface area contributed by atoms with Crippen LogP contribution in [0.15, 0.2) is 30.6 Å². The summed E-state index contributed by atoms with van der Waals surface area (Å²) in [5.41, 5.74) is 0.917. The van der Waals surface area contributed by atoms with E-state index in [0.29, 0.717) is 27.8 Å². The number of ether oxygens (including phenoxy) is 2. The molecule has 2 rings (SSSR count). The predicted octanol–water partition coefficient (Wildman–Crippen LogP) is 3.14. The summed E-state index contributed by atoms with van der Waals surface area (Å²) in [6.07, 6.45) is 2.78. The Morgan fingerprint density at radius 3 is 2.19 bits per heavy atom. The molecule has 0 saturated heterocycles. The Kier molecular flexibility index (Phi) is 6.41. The molecule has 1 aromatic carbocycles. The summed E-state index contributed by atoms with van der Waals surface area (Å²) < 4.78 is 10.4. The minimum atomic E-state index is -0.445. The normalized spacial score (nSPS) is 10.4. The number of amides is 2. The Hall–Kier alpha value is -2.80. The molecule has 0 bridgehead atoms. The Bertz CT molecular complexity index is 824. The highest BCUT2D eigenvalue weighted by Gasteiger charge is 2.16. The number of methoxy groups -OCH3 is 2. The molecule has 0 spiro atoms. The van der Waals surface area contributed by atoms with Gasteiger partial charge in [-0.15, -0.1) is 0 Å². The molecule has 2 aromatic rings. The summed E-state index contributed by atoms with van der Waals surface area (Å²) in [4.78, 5) is 28.6. The SMILES string of the molecule is COc1cc(NC(=O)c2cncc(C(=O)NC(C)C)c2)c(OC)cc1Cl. The molecular weight excluding hydrogens is 358 g/mol. The van der Waals surface area contributed by atoms with E-state index in [1.54, 1.807) is 12.1 Å². The van der Waals surface area contributed by atoms with Crippen LogP contribution in [0, 0.1) is 0 Å². The smallest absolute Gasteiger partial charge is 0.257 e. The number of carbonyl (C=O) groups excluding carboxylic acids is 2. The molecule has 2 N–H and O–H groups in total. The van der Waals surface area contributed by atoms with Crippen LogP contribution in [0.2, 0.25) is 5.02 Å². The number of nitrogens with zero attached hydrogens (tertiary/aromatic N) is 1. The van der Waals surface area contributed by atoms with Crippen molar-refractivity contribution < 1.29 is 19.1 Å². The van der Waals surface area contributed by atoms with Crippen LogP contribution in [-0.2, 0) is 0 Å². The van der Waals surface area contributed by atoms with E-state index in [-0.39, 0.29) is 17.5 Å². The number of hydrogen-bond donors (Lipinski definition) is 2. The van der Waals surface area contributed by atoms with Crippen molar-refractivity contribution in [2.45, 2.75) is 19.9 Å². The molecule has 0 unspecified atom stereocenters. The van der Waals surface area contributed by atoms with Crippen molar-refractivity contribution in [3.63, 3.8) is 0 Å². The molecule has 1 heterocycles. The fourth-order valence-electron chi connectivity index (χ4n) is 2.19. The van der Waals surface area contributed by atoms with Gasteiger partial charge in [0.2, 0.25) is 0 Å². The molecule has 0 atom stereocenters. The van der Waals surface area contributed by atoms with Crippen LogP contribution in [0.25, 0.3) is 0 Å². The van der Waals surface area contributed by atoms with Crippen LogP contribution in [0.1, 0.15) is 34.6 Å². The van der Waals surface area contributed by atoms with E-state index in [9.17, 15) is 9.59 Å². The maximum atomic E-state index is 12.6. The molecule has 8 heteroatoms. The third kappa shape index (κ3) is 4.64. The maximum absolute atomic E-state index is 12.6. The van der Waals surface area contributed by atoms with Gasteiger partial charge in [0.1, 0.15) is 11.5 Å². The van der Waals surface area contributed by atoms with Crippen molar-refractivity contribution in [3.05, 3.63) is 46.7 Å². The van der Waals surface area contributed by atoms with E-state index in [1.807, 2.05) is 13.8 Å². The van der Waals surface area contributed by atoms with E-state index in [4.69, 9.17) is 21.1 Å². The van der Waals surface area contributed by atoms with Crippen LogP contribution < -0.4 is 20.1 Å². The summed E-state index contributed by atoms with van der Waals surface area (Å²) >= 11 is 6.06. The van der Waals surface area contributed by atoms with Gasteiger partial charge in [-0.1, -0.05) is 11.6 Å². The van der Waals surface area contributed by atoms with E-state index in [1.165, 1.54) is 32.7 Å². The first-order chi connectivity index (χ1) is 12.3. The number of carbonyl (C=O) groups is 2. The van der Waals surface area contributed by atoms with Crippen LogP contribution in [0.3, 0.4) is 0 Å². The average Bonchev–Trinajstić information content (AvgIpc) is 2.62. The largest absolute Gasteiger partial charge is 0.495 e. The zero-order valence-electron chi connectivity index (χ0n) is 14.9. The molecule has 26 heavy (non-hydrogen) atoms. The van der Waals surface area contributed by atoms with Crippen molar-refractivity contribution in [1.82, 2.24) is 10.3 Å². The van der Waals surface area contributed by atoms with Crippen LogP contribution in [0.4, 0.5) is 5.69 Å². The average molecular weight is 378 g/mol. The van der Waals surface area contributed by atoms with E-state index < -0.39 is 5.91 Å². The monoisotopic (exact) mass is 377 g/mol. The number of nitrogens with one attached hydrogen (secondary N) is 2. The zero-order chi connectivity index (χ0) is 19.3. The van der Waals surface area contributed by atoms with Gasteiger partial charge in [0.15, 0.2) is 0 Å². The second-order valence-electron chi connectivity index (χ2n) is 5.73. The van der Waals surface area contributed by atoms with Gasteiger partial charge in [-0.2, -0.15) is 0 Å². The van der Waals surface area contributed by atoms with E-state index in [2.05, 4.69) is 15.6 Å². The van der Waals surface area contributed by atoms with Crippen molar-refractivity contribution in [3.8, 4) is 11.5 Å². The van der Waals surface area contributed by atoms with Crippen LogP contribution in [-0.4, -0.2) is 37.1 Å². The number of benzene rings is 1. The van der Waals surface area contributed by atoms with Gasteiger partial charge in [-0.3, -0.25) is 14.6 Å². The number of rotatable bonds is 6. The highest BCUT2D eigenvalue weighted by molar-refractivity contribution is 6.32. The van der Waals surface area contributed by atoms with Gasteiger partial charge in [0.05, 0.1) is 36.1 Å². The van der Waals surface area contributed by atoms with Crippen molar-refractivity contribution in [2.24, 2.45) is 0 Å². The van der Waals surface area contributed by atoms with Gasteiger partial charge in [0.25, 0.3) is 11.8 Å². The van der Waals surface area contributed by atoms with Gasteiger partial charge in [-0.25, -0.2) is 0 Å². The molecule has 0 aliphatic rings. The highest BCUT2D eigenvalue weighted by atomic mass is 35.5. The fourth-order valence-corrected chi connectivity index (χ4v) is 2.42. The van der Waals surface area contributed by atoms with Crippen molar-refractivity contribution >= 4 is 29.1 Å². The second-order valence-corrected chi connectivity index (χ2v) is 6.14. The molecule has 138 valence electrons. The minimum Gasteiger partial charge on any atom is -0.495 e. The van der Waals surface area contributed by atoms with Gasteiger partial charge < -0.3 is 20.1 Å². The first-order valence-electron chi connectivity index (χ1n) is 7.84. The Morgan fingerprint density at radius 1 is 1.00 bits per heavy atom. The number of halogens is 1. The quantitative estimate of drug-likeness (QED) is 0.807. The molecule has 0 aliphatic heterocycles.